The van der Waals surface area contributed by atoms with Crippen molar-refractivity contribution < 1.29 is 0 Å². The fourth-order valence-corrected chi connectivity index (χ4v) is 16.7. The van der Waals surface area contributed by atoms with E-state index < -0.39 is 5.41 Å². The number of rotatable bonds is 8. The molecule has 18 aromatic rings. The van der Waals surface area contributed by atoms with Crippen LogP contribution in [0.2, 0.25) is 0 Å². The Labute approximate surface area is 550 Å². The second-order valence-electron chi connectivity index (χ2n) is 25.5. The van der Waals surface area contributed by atoms with Crippen LogP contribution in [-0.4, -0.2) is 13.7 Å². The second kappa shape index (κ2) is 20.8. The second-order valence-corrected chi connectivity index (χ2v) is 25.5. The topological polar surface area (TPSA) is 18.0 Å². The number of aromatic nitrogens is 3. The zero-order valence-corrected chi connectivity index (χ0v) is 51.8. The van der Waals surface area contributed by atoms with Gasteiger partial charge in [-0.1, -0.05) is 255 Å². The van der Waals surface area contributed by atoms with E-state index in [2.05, 4.69) is 370 Å². The van der Waals surface area contributed by atoms with Crippen molar-refractivity contribution in [1.82, 2.24) is 13.7 Å². The Morgan fingerprint density at radius 2 is 0.589 bits per heavy atom. The number of fused-ring (bicyclic) bond motifs is 18. The first-order valence-corrected chi connectivity index (χ1v) is 32.9. The van der Waals surface area contributed by atoms with Crippen LogP contribution in [0.15, 0.2) is 352 Å². The Bertz CT molecular complexity index is 6060. The van der Waals surface area contributed by atoms with E-state index in [0.717, 1.165) is 39.3 Å². The molecule has 0 saturated carbocycles. The van der Waals surface area contributed by atoms with Gasteiger partial charge in [0.25, 0.3) is 0 Å². The Kier molecular flexibility index (Phi) is 11.6. The van der Waals surface area contributed by atoms with E-state index in [1.54, 1.807) is 0 Å². The molecule has 4 heterocycles. The van der Waals surface area contributed by atoms with Crippen molar-refractivity contribution in [3.05, 3.63) is 374 Å². The van der Waals surface area contributed by atoms with E-state index in [1.807, 2.05) is 0 Å². The zero-order chi connectivity index (χ0) is 62.3. The molecular formula is C91H58N4. The summed E-state index contributed by atoms with van der Waals surface area (Å²) in [5.74, 6) is 0. The molecule has 4 heteroatoms. The number of hydrogen-bond acceptors (Lipinski definition) is 1. The average molecular weight is 1210 g/mol. The predicted octanol–water partition coefficient (Wildman–Crippen LogP) is 23.8. The molecule has 15 aromatic carbocycles. The third-order valence-electron chi connectivity index (χ3n) is 20.6. The van der Waals surface area contributed by atoms with Crippen LogP contribution in [-0.2, 0) is 5.41 Å². The summed E-state index contributed by atoms with van der Waals surface area (Å²) in [6, 6.07) is 131. The zero-order valence-electron chi connectivity index (χ0n) is 51.8. The van der Waals surface area contributed by atoms with Crippen molar-refractivity contribution >= 4 is 82.5 Å². The summed E-state index contributed by atoms with van der Waals surface area (Å²) in [5, 5.41) is 7.39. The number of anilines is 3. The minimum atomic E-state index is -0.600. The molecule has 2 aliphatic rings. The van der Waals surface area contributed by atoms with Gasteiger partial charge in [0.1, 0.15) is 0 Å². The molecule has 0 fully saturated rings. The van der Waals surface area contributed by atoms with Crippen LogP contribution < -0.4 is 4.90 Å². The van der Waals surface area contributed by atoms with Crippen molar-refractivity contribution in [3.63, 3.8) is 0 Å². The van der Waals surface area contributed by atoms with Gasteiger partial charge in [-0.3, -0.25) is 0 Å². The third kappa shape index (κ3) is 7.77. The van der Waals surface area contributed by atoms with Gasteiger partial charge in [0, 0.05) is 55.1 Å². The van der Waals surface area contributed by atoms with Crippen LogP contribution in [0.3, 0.4) is 0 Å². The predicted molar refractivity (Wildman–Crippen MR) is 397 cm³/mol. The Hall–Kier alpha value is -12.5. The number of para-hydroxylation sites is 5. The number of hydrogen-bond donors (Lipinski definition) is 0. The molecule has 0 saturated heterocycles. The summed E-state index contributed by atoms with van der Waals surface area (Å²) in [5.41, 5.74) is 30.4. The molecule has 442 valence electrons. The molecule has 4 nitrogen and oxygen atoms in total. The lowest BCUT2D eigenvalue weighted by atomic mass is 9.64. The van der Waals surface area contributed by atoms with Crippen molar-refractivity contribution in [2.45, 2.75) is 5.41 Å². The summed E-state index contributed by atoms with van der Waals surface area (Å²) >= 11 is 0. The van der Waals surface area contributed by atoms with Gasteiger partial charge >= 0.3 is 0 Å². The fourth-order valence-electron chi connectivity index (χ4n) is 16.7. The lowest BCUT2D eigenvalue weighted by Gasteiger charge is -2.45. The maximum absolute atomic E-state index is 2.51. The van der Waals surface area contributed by atoms with Crippen molar-refractivity contribution in [3.8, 4) is 72.7 Å². The Balaban J connectivity index is 0.759. The van der Waals surface area contributed by atoms with E-state index in [1.165, 1.54) is 138 Å². The SMILES string of the molecule is c1ccc(-c2ccc(-n3c4ccccc4c4c(-c5cccc6c5c5ccc(-c7ccc8c(c7)-c7ccccc7C87c8ccccc8N(c8cccc(-n9c%10ccccc%10c%10ccccc%109)c8)c8ccccc87)cc5n6-c5cccc(-c6ccccc6)c5)cccc43)cc2)cc1. The third-order valence-corrected chi connectivity index (χ3v) is 20.6. The normalized spacial score (nSPS) is 12.9. The van der Waals surface area contributed by atoms with Gasteiger partial charge < -0.3 is 18.6 Å². The van der Waals surface area contributed by atoms with E-state index in [4.69, 9.17) is 0 Å². The first-order chi connectivity index (χ1) is 47.2. The van der Waals surface area contributed by atoms with Gasteiger partial charge in [0.05, 0.1) is 49.9 Å². The number of nitrogens with zero attached hydrogens (tertiary/aromatic N) is 4. The summed E-state index contributed by atoms with van der Waals surface area (Å²) in [6.45, 7) is 0. The first kappa shape index (κ1) is 53.2. The molecule has 0 N–H and O–H groups in total. The average Bonchev–Trinajstić information content (AvgIpc) is 1.58. The molecule has 95 heavy (non-hydrogen) atoms. The van der Waals surface area contributed by atoms with E-state index in [-0.39, 0.29) is 0 Å². The van der Waals surface area contributed by atoms with Gasteiger partial charge in [-0.25, -0.2) is 0 Å². The molecular weight excluding hydrogens is 1150 g/mol. The molecule has 0 unspecified atom stereocenters. The minimum Gasteiger partial charge on any atom is -0.310 e. The monoisotopic (exact) mass is 1210 g/mol. The first-order valence-electron chi connectivity index (χ1n) is 32.9. The van der Waals surface area contributed by atoms with Crippen molar-refractivity contribution in [1.29, 1.82) is 0 Å². The highest BCUT2D eigenvalue weighted by Crippen LogP contribution is 2.64. The summed E-state index contributed by atoms with van der Waals surface area (Å²) < 4.78 is 7.38. The lowest BCUT2D eigenvalue weighted by molar-refractivity contribution is 0.752. The standard InChI is InChI=1S/C91H58N4/c1-3-23-59(24-4-1)61-47-51-65(52-48-61)92-83-42-16-10-34-74(83)89-72(35-21-45-86(89)92)73-36-22-46-87-90(73)75-53-49-64(57-88(75)95(87)66-28-19-27-62(55-66)60-25-5-2-6-26-60)63-50-54-78-76(56-63)69-31-7-11-37-77(69)91(78)79-38-12-17-43-84(79)94(85-44-18-13-39-80(85)91)68-30-20-29-67(58-68)93-81-40-14-8-32-70(81)71-33-9-15-41-82(71)93/h1-58H. The van der Waals surface area contributed by atoms with E-state index >= 15 is 0 Å². The van der Waals surface area contributed by atoms with Crippen molar-refractivity contribution in [2.24, 2.45) is 0 Å². The largest absolute Gasteiger partial charge is 0.310 e. The lowest BCUT2D eigenvalue weighted by Crippen LogP contribution is -2.36. The van der Waals surface area contributed by atoms with Gasteiger partial charge in [-0.05, 0) is 175 Å². The highest BCUT2D eigenvalue weighted by atomic mass is 15.2. The van der Waals surface area contributed by atoms with Gasteiger partial charge in [0.15, 0.2) is 0 Å². The Morgan fingerprint density at radius 1 is 0.189 bits per heavy atom. The minimum absolute atomic E-state index is 0.600. The summed E-state index contributed by atoms with van der Waals surface area (Å²) in [6.07, 6.45) is 0. The van der Waals surface area contributed by atoms with Crippen LogP contribution in [0.25, 0.3) is 138 Å². The molecule has 0 bridgehead atoms. The van der Waals surface area contributed by atoms with Crippen LogP contribution in [0.5, 0.6) is 0 Å². The smallest absolute Gasteiger partial charge is 0.0754 e. The molecule has 0 radical (unpaired) electrons. The summed E-state index contributed by atoms with van der Waals surface area (Å²) in [4.78, 5) is 2.50. The molecule has 0 amide bonds. The molecule has 20 rings (SSSR count). The molecule has 3 aromatic heterocycles. The highest BCUT2D eigenvalue weighted by Gasteiger charge is 2.51. The van der Waals surface area contributed by atoms with Crippen LogP contribution in [0.4, 0.5) is 17.1 Å². The van der Waals surface area contributed by atoms with Crippen LogP contribution in [0.1, 0.15) is 22.3 Å². The van der Waals surface area contributed by atoms with Gasteiger partial charge in [0.2, 0.25) is 0 Å². The molecule has 1 spiro atoms. The van der Waals surface area contributed by atoms with Crippen molar-refractivity contribution in [2.75, 3.05) is 4.90 Å². The van der Waals surface area contributed by atoms with Crippen LogP contribution >= 0.6 is 0 Å². The Morgan fingerprint density at radius 3 is 1.25 bits per heavy atom. The van der Waals surface area contributed by atoms with Crippen LogP contribution in [0, 0.1) is 0 Å². The highest BCUT2D eigenvalue weighted by molar-refractivity contribution is 6.23. The van der Waals surface area contributed by atoms with E-state index in [9.17, 15) is 0 Å². The number of benzene rings is 15. The molecule has 1 aliphatic carbocycles. The van der Waals surface area contributed by atoms with E-state index in [0.29, 0.717) is 0 Å². The molecule has 1 aliphatic heterocycles. The quantitative estimate of drug-likeness (QED) is 0.148. The maximum Gasteiger partial charge on any atom is 0.0754 e. The summed E-state index contributed by atoms with van der Waals surface area (Å²) in [7, 11) is 0. The maximum atomic E-state index is 2.51. The van der Waals surface area contributed by atoms with Gasteiger partial charge in [-0.15, -0.1) is 0 Å². The molecule has 0 atom stereocenters. The van der Waals surface area contributed by atoms with Gasteiger partial charge in [-0.2, -0.15) is 0 Å². The fraction of sp³-hybridized carbons (Fsp3) is 0.0110.